The van der Waals surface area contributed by atoms with Crippen molar-refractivity contribution in [3.63, 3.8) is 0 Å². The molecular formula is C16H26ClN3O. The van der Waals surface area contributed by atoms with Gasteiger partial charge in [0.15, 0.2) is 0 Å². The molecule has 0 radical (unpaired) electrons. The number of amides is 1. The van der Waals surface area contributed by atoms with Crippen LogP contribution in [0.15, 0.2) is 24.3 Å². The van der Waals surface area contributed by atoms with Gasteiger partial charge in [-0.3, -0.25) is 9.69 Å². The van der Waals surface area contributed by atoms with Crippen LogP contribution in [0.2, 0.25) is 5.02 Å². The van der Waals surface area contributed by atoms with Gasteiger partial charge in [-0.2, -0.15) is 0 Å². The molecule has 0 heterocycles. The molecule has 0 aromatic heterocycles. The van der Waals surface area contributed by atoms with Crippen molar-refractivity contribution in [2.24, 2.45) is 5.73 Å². The molecule has 2 unspecified atom stereocenters. The van der Waals surface area contributed by atoms with Crippen molar-refractivity contribution in [1.29, 1.82) is 0 Å². The Morgan fingerprint density at radius 1 is 1.29 bits per heavy atom. The standard InChI is InChI=1S/C16H26ClN3O/c1-5-20(6-2)15(21)11-19(4)16(12(3)18)13-9-7-8-10-14(13)17/h7-10,12,16H,5-6,11,18H2,1-4H3. The van der Waals surface area contributed by atoms with E-state index in [0.29, 0.717) is 11.6 Å². The van der Waals surface area contributed by atoms with Crippen molar-refractivity contribution in [2.45, 2.75) is 32.9 Å². The fourth-order valence-corrected chi connectivity index (χ4v) is 2.87. The molecule has 2 atom stereocenters. The highest BCUT2D eigenvalue weighted by molar-refractivity contribution is 6.31. The summed E-state index contributed by atoms with van der Waals surface area (Å²) in [5.41, 5.74) is 7.09. The summed E-state index contributed by atoms with van der Waals surface area (Å²) >= 11 is 6.28. The van der Waals surface area contributed by atoms with Gasteiger partial charge in [-0.15, -0.1) is 0 Å². The molecule has 118 valence electrons. The minimum atomic E-state index is -0.126. The average Bonchev–Trinajstić information content (AvgIpc) is 2.42. The number of nitrogens with two attached hydrogens (primary N) is 1. The first kappa shape index (κ1) is 18.0. The first-order chi connectivity index (χ1) is 9.92. The molecular weight excluding hydrogens is 286 g/mol. The third kappa shape index (κ3) is 4.70. The van der Waals surface area contributed by atoms with Gasteiger partial charge in [0.25, 0.3) is 0 Å². The van der Waals surface area contributed by atoms with E-state index in [1.165, 1.54) is 0 Å². The molecule has 0 aliphatic rings. The topological polar surface area (TPSA) is 49.6 Å². The molecule has 1 amide bonds. The fraction of sp³-hybridized carbons (Fsp3) is 0.562. The molecule has 1 aromatic carbocycles. The summed E-state index contributed by atoms with van der Waals surface area (Å²) in [4.78, 5) is 16.1. The molecule has 4 nitrogen and oxygen atoms in total. The lowest BCUT2D eigenvalue weighted by Gasteiger charge is -2.33. The van der Waals surface area contributed by atoms with E-state index in [0.717, 1.165) is 18.7 Å². The molecule has 1 rings (SSSR count). The quantitative estimate of drug-likeness (QED) is 0.842. The van der Waals surface area contributed by atoms with Crippen LogP contribution in [0.25, 0.3) is 0 Å². The third-order valence-electron chi connectivity index (χ3n) is 3.70. The van der Waals surface area contributed by atoms with E-state index in [1.807, 2.05) is 61.9 Å². The van der Waals surface area contributed by atoms with Crippen LogP contribution in [-0.4, -0.2) is 48.4 Å². The second-order valence-corrected chi connectivity index (χ2v) is 5.71. The van der Waals surface area contributed by atoms with Crippen LogP contribution in [0, 0.1) is 0 Å². The average molecular weight is 312 g/mol. The van der Waals surface area contributed by atoms with Crippen molar-refractivity contribution < 1.29 is 4.79 Å². The summed E-state index contributed by atoms with van der Waals surface area (Å²) in [5, 5.41) is 0.682. The first-order valence-electron chi connectivity index (χ1n) is 7.40. The normalized spacial score (nSPS) is 14.0. The van der Waals surface area contributed by atoms with E-state index in [2.05, 4.69) is 0 Å². The zero-order chi connectivity index (χ0) is 16.0. The van der Waals surface area contributed by atoms with Gasteiger partial charge in [0.05, 0.1) is 12.6 Å². The molecule has 0 bridgehead atoms. The Morgan fingerprint density at radius 2 is 1.86 bits per heavy atom. The third-order valence-corrected chi connectivity index (χ3v) is 4.04. The number of carbonyl (C=O) groups excluding carboxylic acids is 1. The Morgan fingerprint density at radius 3 is 2.33 bits per heavy atom. The number of halogens is 1. The van der Waals surface area contributed by atoms with Crippen LogP contribution in [-0.2, 0) is 4.79 Å². The Balaban J connectivity index is 2.92. The number of carbonyl (C=O) groups is 1. The highest BCUT2D eigenvalue weighted by Gasteiger charge is 2.25. The minimum Gasteiger partial charge on any atom is -0.342 e. The number of rotatable bonds is 7. The summed E-state index contributed by atoms with van der Waals surface area (Å²) in [6.07, 6.45) is 0. The molecule has 0 aliphatic carbocycles. The monoisotopic (exact) mass is 311 g/mol. The summed E-state index contributed by atoms with van der Waals surface area (Å²) in [6.45, 7) is 7.68. The summed E-state index contributed by atoms with van der Waals surface area (Å²) in [6, 6.07) is 7.45. The Bertz CT molecular complexity index is 461. The Kier molecular flexibility index (Phi) is 7.15. The lowest BCUT2D eigenvalue weighted by Crippen LogP contribution is -2.44. The maximum absolute atomic E-state index is 12.3. The predicted octanol–water partition coefficient (Wildman–Crippen LogP) is 2.53. The molecule has 2 N–H and O–H groups in total. The van der Waals surface area contributed by atoms with E-state index < -0.39 is 0 Å². The van der Waals surface area contributed by atoms with Crippen molar-refractivity contribution in [3.05, 3.63) is 34.9 Å². The van der Waals surface area contributed by atoms with Crippen LogP contribution in [0.4, 0.5) is 0 Å². The number of hydrogen-bond donors (Lipinski definition) is 1. The van der Waals surface area contributed by atoms with Gasteiger partial charge in [-0.25, -0.2) is 0 Å². The van der Waals surface area contributed by atoms with Crippen LogP contribution in [0.1, 0.15) is 32.4 Å². The first-order valence-corrected chi connectivity index (χ1v) is 7.78. The smallest absolute Gasteiger partial charge is 0.236 e. The van der Waals surface area contributed by atoms with E-state index in [1.54, 1.807) is 0 Å². The van der Waals surface area contributed by atoms with Crippen LogP contribution in [0.3, 0.4) is 0 Å². The maximum Gasteiger partial charge on any atom is 0.236 e. The SMILES string of the molecule is CCN(CC)C(=O)CN(C)C(c1ccccc1Cl)C(C)N. The minimum absolute atomic E-state index is 0.0850. The van der Waals surface area contributed by atoms with Crippen molar-refractivity contribution >= 4 is 17.5 Å². The van der Waals surface area contributed by atoms with Gasteiger partial charge >= 0.3 is 0 Å². The second kappa shape index (κ2) is 8.37. The van der Waals surface area contributed by atoms with Crippen LogP contribution >= 0.6 is 11.6 Å². The van der Waals surface area contributed by atoms with Gasteiger partial charge in [0, 0.05) is 24.2 Å². The fourth-order valence-electron chi connectivity index (χ4n) is 2.63. The van der Waals surface area contributed by atoms with E-state index >= 15 is 0 Å². The van der Waals surface area contributed by atoms with Crippen molar-refractivity contribution in [1.82, 2.24) is 9.80 Å². The highest BCUT2D eigenvalue weighted by atomic mass is 35.5. The van der Waals surface area contributed by atoms with Gasteiger partial charge in [-0.05, 0) is 39.4 Å². The molecule has 5 heteroatoms. The summed E-state index contributed by atoms with van der Waals surface area (Å²) in [5.74, 6) is 0.111. The van der Waals surface area contributed by atoms with E-state index in [-0.39, 0.29) is 18.0 Å². The van der Waals surface area contributed by atoms with Gasteiger partial charge in [0.1, 0.15) is 0 Å². The maximum atomic E-state index is 12.3. The largest absolute Gasteiger partial charge is 0.342 e. The van der Waals surface area contributed by atoms with E-state index in [4.69, 9.17) is 17.3 Å². The molecule has 21 heavy (non-hydrogen) atoms. The zero-order valence-electron chi connectivity index (χ0n) is 13.3. The number of benzene rings is 1. The molecule has 1 aromatic rings. The van der Waals surface area contributed by atoms with Gasteiger partial charge < -0.3 is 10.6 Å². The second-order valence-electron chi connectivity index (χ2n) is 5.31. The lowest BCUT2D eigenvalue weighted by atomic mass is 9.99. The number of hydrogen-bond acceptors (Lipinski definition) is 3. The van der Waals surface area contributed by atoms with E-state index in [9.17, 15) is 4.79 Å². The molecule has 0 saturated heterocycles. The predicted molar refractivity (Wildman–Crippen MR) is 88.4 cm³/mol. The number of nitrogens with zero attached hydrogens (tertiary/aromatic N) is 2. The molecule has 0 saturated carbocycles. The number of likely N-dealkylation sites (N-methyl/N-ethyl adjacent to an activating group) is 2. The summed E-state index contributed by atoms with van der Waals surface area (Å²) < 4.78 is 0. The van der Waals surface area contributed by atoms with Crippen molar-refractivity contribution in [3.8, 4) is 0 Å². The zero-order valence-corrected chi connectivity index (χ0v) is 14.1. The Labute approximate surface area is 132 Å². The lowest BCUT2D eigenvalue weighted by molar-refractivity contribution is -0.132. The molecule has 0 aliphatic heterocycles. The van der Waals surface area contributed by atoms with Crippen LogP contribution in [0.5, 0.6) is 0 Å². The molecule has 0 fully saturated rings. The van der Waals surface area contributed by atoms with Gasteiger partial charge in [-0.1, -0.05) is 29.8 Å². The van der Waals surface area contributed by atoms with Gasteiger partial charge in [0.2, 0.25) is 5.91 Å². The van der Waals surface area contributed by atoms with Crippen LogP contribution < -0.4 is 5.73 Å². The highest BCUT2D eigenvalue weighted by Crippen LogP contribution is 2.28. The summed E-state index contributed by atoms with van der Waals surface area (Å²) in [7, 11) is 1.92. The molecule has 0 spiro atoms. The van der Waals surface area contributed by atoms with Crippen molar-refractivity contribution in [2.75, 3.05) is 26.7 Å². The Hall–Kier alpha value is -1.10.